The predicted molar refractivity (Wildman–Crippen MR) is 64.1 cm³/mol. The van der Waals surface area contributed by atoms with Gasteiger partial charge < -0.3 is 10.6 Å². The van der Waals surface area contributed by atoms with Gasteiger partial charge in [-0.05, 0) is 32.9 Å². The quantitative estimate of drug-likeness (QED) is 0.781. The van der Waals surface area contributed by atoms with E-state index >= 15 is 0 Å². The Morgan fingerprint density at radius 1 is 1.13 bits per heavy atom. The molecule has 3 nitrogen and oxygen atoms in total. The van der Waals surface area contributed by atoms with Crippen molar-refractivity contribution >= 4 is 17.3 Å². The van der Waals surface area contributed by atoms with Gasteiger partial charge in [-0.25, -0.2) is 0 Å². The van der Waals surface area contributed by atoms with Crippen molar-refractivity contribution in [3.05, 3.63) is 24.3 Å². The monoisotopic (exact) mass is 206 g/mol. The van der Waals surface area contributed by atoms with Crippen LogP contribution in [-0.4, -0.2) is 11.4 Å². The number of carbonyl (C=O) groups is 1. The molecule has 0 aliphatic carbocycles. The van der Waals surface area contributed by atoms with Gasteiger partial charge in [-0.15, -0.1) is 0 Å². The van der Waals surface area contributed by atoms with E-state index in [1.165, 1.54) is 6.92 Å². The number of benzene rings is 1. The van der Waals surface area contributed by atoms with Crippen molar-refractivity contribution in [2.24, 2.45) is 0 Å². The van der Waals surface area contributed by atoms with E-state index in [0.29, 0.717) is 0 Å². The molecular formula is C12H18N2O. The van der Waals surface area contributed by atoms with Gasteiger partial charge >= 0.3 is 0 Å². The molecule has 0 unspecified atom stereocenters. The fourth-order valence-electron chi connectivity index (χ4n) is 1.29. The van der Waals surface area contributed by atoms with Crippen molar-refractivity contribution in [2.45, 2.75) is 33.2 Å². The van der Waals surface area contributed by atoms with Gasteiger partial charge in [0.2, 0.25) is 5.91 Å². The molecule has 2 N–H and O–H groups in total. The second-order valence-electron chi connectivity index (χ2n) is 4.60. The van der Waals surface area contributed by atoms with Gasteiger partial charge in [0.05, 0.1) is 11.4 Å². The molecule has 3 heteroatoms. The Morgan fingerprint density at radius 3 is 2.13 bits per heavy atom. The van der Waals surface area contributed by atoms with Gasteiger partial charge in [-0.1, -0.05) is 12.1 Å². The van der Waals surface area contributed by atoms with Crippen LogP contribution in [0, 0.1) is 0 Å². The number of amides is 1. The van der Waals surface area contributed by atoms with Gasteiger partial charge in [-0.3, -0.25) is 4.79 Å². The Balaban J connectivity index is 2.91. The molecule has 0 saturated carbocycles. The molecule has 0 aliphatic rings. The van der Waals surface area contributed by atoms with Crippen molar-refractivity contribution in [3.8, 4) is 0 Å². The molecule has 0 spiro atoms. The molecule has 0 heterocycles. The molecule has 0 radical (unpaired) electrons. The average molecular weight is 206 g/mol. The minimum absolute atomic E-state index is 0.0193. The number of para-hydroxylation sites is 2. The summed E-state index contributed by atoms with van der Waals surface area (Å²) >= 11 is 0. The summed E-state index contributed by atoms with van der Waals surface area (Å²) in [5, 5.41) is 6.13. The van der Waals surface area contributed by atoms with Crippen LogP contribution < -0.4 is 10.6 Å². The second-order valence-corrected chi connectivity index (χ2v) is 4.60. The third kappa shape index (κ3) is 4.02. The van der Waals surface area contributed by atoms with Crippen LogP contribution in [0.15, 0.2) is 24.3 Å². The first kappa shape index (κ1) is 11.6. The van der Waals surface area contributed by atoms with E-state index in [9.17, 15) is 4.79 Å². The minimum Gasteiger partial charge on any atom is -0.379 e. The molecule has 1 amide bonds. The van der Waals surface area contributed by atoms with Gasteiger partial charge in [-0.2, -0.15) is 0 Å². The van der Waals surface area contributed by atoms with Crippen molar-refractivity contribution in [3.63, 3.8) is 0 Å². The third-order valence-electron chi connectivity index (χ3n) is 1.75. The predicted octanol–water partition coefficient (Wildman–Crippen LogP) is 2.86. The lowest BCUT2D eigenvalue weighted by atomic mass is 10.1. The number of hydrogen-bond acceptors (Lipinski definition) is 2. The van der Waals surface area contributed by atoms with Crippen LogP contribution in [0.2, 0.25) is 0 Å². The van der Waals surface area contributed by atoms with Crippen molar-refractivity contribution in [1.82, 2.24) is 0 Å². The smallest absolute Gasteiger partial charge is 0.221 e. The normalized spacial score (nSPS) is 10.9. The van der Waals surface area contributed by atoms with Crippen LogP contribution in [0.1, 0.15) is 27.7 Å². The van der Waals surface area contributed by atoms with E-state index in [1.807, 2.05) is 24.3 Å². The van der Waals surface area contributed by atoms with E-state index in [1.54, 1.807) is 0 Å². The molecule has 15 heavy (non-hydrogen) atoms. The first-order valence-corrected chi connectivity index (χ1v) is 5.03. The fraction of sp³-hybridized carbons (Fsp3) is 0.417. The SMILES string of the molecule is CC(=O)Nc1ccccc1NC(C)(C)C. The zero-order valence-electron chi connectivity index (χ0n) is 9.72. The summed E-state index contributed by atoms with van der Waals surface area (Å²) in [5.41, 5.74) is 1.74. The molecule has 1 rings (SSSR count). The summed E-state index contributed by atoms with van der Waals surface area (Å²) in [4.78, 5) is 11.0. The van der Waals surface area contributed by atoms with Gasteiger partial charge in [0.15, 0.2) is 0 Å². The summed E-state index contributed by atoms with van der Waals surface area (Å²) in [6, 6.07) is 7.69. The molecular weight excluding hydrogens is 188 g/mol. The Hall–Kier alpha value is -1.51. The summed E-state index contributed by atoms with van der Waals surface area (Å²) in [6.07, 6.45) is 0. The highest BCUT2D eigenvalue weighted by Gasteiger charge is 2.11. The zero-order valence-corrected chi connectivity index (χ0v) is 9.72. The van der Waals surface area contributed by atoms with Crippen molar-refractivity contribution < 1.29 is 4.79 Å². The summed E-state index contributed by atoms with van der Waals surface area (Å²) in [6.45, 7) is 7.75. The Kier molecular flexibility index (Phi) is 3.35. The van der Waals surface area contributed by atoms with Crippen molar-refractivity contribution in [2.75, 3.05) is 10.6 Å². The highest BCUT2D eigenvalue weighted by Crippen LogP contribution is 2.24. The van der Waals surface area contributed by atoms with Crippen LogP contribution in [0.25, 0.3) is 0 Å². The summed E-state index contributed by atoms with van der Waals surface area (Å²) < 4.78 is 0. The van der Waals surface area contributed by atoms with Crippen LogP contribution >= 0.6 is 0 Å². The van der Waals surface area contributed by atoms with E-state index in [4.69, 9.17) is 0 Å². The summed E-state index contributed by atoms with van der Waals surface area (Å²) in [7, 11) is 0. The van der Waals surface area contributed by atoms with Crippen LogP contribution in [0.3, 0.4) is 0 Å². The molecule has 0 aliphatic heterocycles. The average Bonchev–Trinajstić information content (AvgIpc) is 2.05. The fourth-order valence-corrected chi connectivity index (χ4v) is 1.29. The lowest BCUT2D eigenvalue weighted by molar-refractivity contribution is -0.114. The molecule has 0 bridgehead atoms. The number of hydrogen-bond donors (Lipinski definition) is 2. The Morgan fingerprint density at radius 2 is 1.67 bits per heavy atom. The zero-order chi connectivity index (χ0) is 11.5. The van der Waals surface area contributed by atoms with E-state index in [0.717, 1.165) is 11.4 Å². The lowest BCUT2D eigenvalue weighted by Crippen LogP contribution is -2.26. The van der Waals surface area contributed by atoms with Crippen molar-refractivity contribution in [1.29, 1.82) is 0 Å². The molecule has 0 aromatic heterocycles. The van der Waals surface area contributed by atoms with Crippen LogP contribution in [-0.2, 0) is 4.79 Å². The lowest BCUT2D eigenvalue weighted by Gasteiger charge is -2.24. The number of rotatable bonds is 2. The highest BCUT2D eigenvalue weighted by molar-refractivity contribution is 5.92. The number of carbonyl (C=O) groups excluding carboxylic acids is 1. The van der Waals surface area contributed by atoms with E-state index < -0.39 is 0 Å². The van der Waals surface area contributed by atoms with Crippen LogP contribution in [0.5, 0.6) is 0 Å². The first-order valence-electron chi connectivity index (χ1n) is 5.03. The largest absolute Gasteiger partial charge is 0.379 e. The maximum absolute atomic E-state index is 11.0. The molecule has 0 atom stereocenters. The molecule has 82 valence electrons. The van der Waals surface area contributed by atoms with Crippen LogP contribution in [0.4, 0.5) is 11.4 Å². The Labute approximate surface area is 90.9 Å². The Bertz CT molecular complexity index is 353. The highest BCUT2D eigenvalue weighted by atomic mass is 16.1. The maximum Gasteiger partial charge on any atom is 0.221 e. The maximum atomic E-state index is 11.0. The molecule has 1 aromatic rings. The number of anilines is 2. The topological polar surface area (TPSA) is 41.1 Å². The second kappa shape index (κ2) is 4.34. The van der Waals surface area contributed by atoms with E-state index in [2.05, 4.69) is 31.4 Å². The summed E-state index contributed by atoms with van der Waals surface area (Å²) in [5.74, 6) is -0.0573. The third-order valence-corrected chi connectivity index (χ3v) is 1.75. The molecule has 0 fully saturated rings. The number of nitrogens with one attached hydrogen (secondary N) is 2. The minimum atomic E-state index is -0.0573. The van der Waals surface area contributed by atoms with E-state index in [-0.39, 0.29) is 11.4 Å². The van der Waals surface area contributed by atoms with Gasteiger partial charge in [0, 0.05) is 12.5 Å². The molecule has 1 aromatic carbocycles. The molecule has 0 saturated heterocycles. The standard InChI is InChI=1S/C12H18N2O/c1-9(15)13-10-7-5-6-8-11(10)14-12(2,3)4/h5-8,14H,1-4H3,(H,13,15). The first-order chi connectivity index (χ1) is 6.88. The van der Waals surface area contributed by atoms with Gasteiger partial charge in [0.25, 0.3) is 0 Å². The van der Waals surface area contributed by atoms with Gasteiger partial charge in [0.1, 0.15) is 0 Å².